The topological polar surface area (TPSA) is 37.3 Å². The summed E-state index contributed by atoms with van der Waals surface area (Å²) in [6.45, 7) is 0. The molecule has 0 fully saturated rings. The molecule has 0 heterocycles. The number of halogens is 1. The molecule has 0 bridgehead atoms. The molecule has 2 aromatic carbocycles. The Bertz CT molecular complexity index is 702. The molecule has 1 aliphatic rings. The quantitative estimate of drug-likeness (QED) is 0.799. The van der Waals surface area contributed by atoms with E-state index in [0.717, 1.165) is 5.56 Å². The fraction of sp³-hybridized carbons (Fsp3) is 0.0625. The van der Waals surface area contributed by atoms with Crippen LogP contribution in [0.25, 0.3) is 6.08 Å². The molecule has 0 saturated carbocycles. The fourth-order valence-corrected chi connectivity index (χ4v) is 2.50. The first-order valence-corrected chi connectivity index (χ1v) is 6.35. The molecule has 0 spiro atoms. The average Bonchev–Trinajstić information content (AvgIpc) is 2.72. The Morgan fingerprint density at radius 1 is 1.11 bits per heavy atom. The predicted octanol–water partition coefficient (Wildman–Crippen LogP) is 3.87. The van der Waals surface area contributed by atoms with Crippen molar-refractivity contribution >= 4 is 23.5 Å². The number of ketones is 1. The normalized spacial score (nSPS) is 15.8. The highest BCUT2D eigenvalue weighted by Gasteiger charge is 2.26. The predicted molar refractivity (Wildman–Crippen MR) is 75.6 cm³/mol. The number of rotatable bonds is 1. The van der Waals surface area contributed by atoms with E-state index < -0.39 is 0 Å². The van der Waals surface area contributed by atoms with Gasteiger partial charge in [0.25, 0.3) is 0 Å². The molecule has 3 rings (SSSR count). The molecular weight excluding hydrogens is 260 g/mol. The Morgan fingerprint density at radius 2 is 1.89 bits per heavy atom. The maximum atomic E-state index is 12.2. The van der Waals surface area contributed by atoms with E-state index in [4.69, 9.17) is 11.6 Å². The molecule has 19 heavy (non-hydrogen) atoms. The Labute approximate surface area is 116 Å². The number of benzene rings is 2. The number of hydrogen-bond donors (Lipinski definition) is 1. The molecule has 0 amide bonds. The Morgan fingerprint density at radius 3 is 2.63 bits per heavy atom. The van der Waals surface area contributed by atoms with E-state index in [1.807, 2.05) is 18.2 Å². The first-order valence-electron chi connectivity index (χ1n) is 5.97. The third-order valence-electron chi connectivity index (χ3n) is 3.29. The van der Waals surface area contributed by atoms with E-state index in [0.29, 0.717) is 28.1 Å². The molecule has 1 aliphatic carbocycles. The zero-order chi connectivity index (χ0) is 13.4. The van der Waals surface area contributed by atoms with Crippen LogP contribution in [0.15, 0.2) is 48.0 Å². The van der Waals surface area contributed by atoms with E-state index in [9.17, 15) is 9.90 Å². The Balaban J connectivity index is 2.05. The monoisotopic (exact) mass is 270 g/mol. The van der Waals surface area contributed by atoms with E-state index in [-0.39, 0.29) is 11.5 Å². The summed E-state index contributed by atoms with van der Waals surface area (Å²) >= 11 is 6.09. The number of hydrogen-bond acceptors (Lipinski definition) is 2. The molecule has 2 nitrogen and oxygen atoms in total. The highest BCUT2D eigenvalue weighted by molar-refractivity contribution is 6.32. The minimum absolute atomic E-state index is 0.0363. The second-order valence-corrected chi connectivity index (χ2v) is 4.91. The molecule has 1 N–H and O–H groups in total. The molecule has 94 valence electrons. The summed E-state index contributed by atoms with van der Waals surface area (Å²) in [6, 6.07) is 12.4. The summed E-state index contributed by atoms with van der Waals surface area (Å²) in [7, 11) is 0. The van der Waals surface area contributed by atoms with Crippen LogP contribution in [0.4, 0.5) is 0 Å². The highest BCUT2D eigenvalue weighted by atomic mass is 35.5. The molecule has 3 heteroatoms. The van der Waals surface area contributed by atoms with Gasteiger partial charge in [-0.2, -0.15) is 0 Å². The number of Topliss-reactive ketones (excluding diaryl/α,β-unsaturated/α-hetero) is 1. The van der Waals surface area contributed by atoms with Crippen LogP contribution >= 0.6 is 11.6 Å². The van der Waals surface area contributed by atoms with Crippen molar-refractivity contribution in [3.63, 3.8) is 0 Å². The number of fused-ring (bicyclic) bond motifs is 1. The number of phenols is 1. The van der Waals surface area contributed by atoms with Crippen molar-refractivity contribution in [2.45, 2.75) is 6.42 Å². The minimum atomic E-state index is -0.0363. The van der Waals surface area contributed by atoms with Crippen LogP contribution in [0.1, 0.15) is 21.5 Å². The van der Waals surface area contributed by atoms with E-state index >= 15 is 0 Å². The molecule has 0 aromatic heterocycles. The van der Waals surface area contributed by atoms with Gasteiger partial charge in [0.05, 0.1) is 0 Å². The summed E-state index contributed by atoms with van der Waals surface area (Å²) in [5, 5.41) is 10.4. The highest BCUT2D eigenvalue weighted by Crippen LogP contribution is 2.34. The maximum absolute atomic E-state index is 12.2. The van der Waals surface area contributed by atoms with Gasteiger partial charge in [-0.3, -0.25) is 4.79 Å². The lowest BCUT2D eigenvalue weighted by Gasteiger charge is -1.99. The van der Waals surface area contributed by atoms with E-state index in [1.54, 1.807) is 30.3 Å². The van der Waals surface area contributed by atoms with Crippen LogP contribution in [-0.4, -0.2) is 10.9 Å². The molecular formula is C16H11ClO2. The van der Waals surface area contributed by atoms with Crippen molar-refractivity contribution in [1.82, 2.24) is 0 Å². The SMILES string of the molecule is O=C1/C(=C/c2ccccc2Cl)Cc2c(O)cccc21. The molecule has 0 saturated heterocycles. The molecule has 2 aromatic rings. The first kappa shape index (κ1) is 12.0. The van der Waals surface area contributed by atoms with Gasteiger partial charge in [0.15, 0.2) is 5.78 Å². The summed E-state index contributed by atoms with van der Waals surface area (Å²) < 4.78 is 0. The van der Waals surface area contributed by atoms with Crippen LogP contribution in [0.2, 0.25) is 5.02 Å². The first-order chi connectivity index (χ1) is 9.16. The van der Waals surface area contributed by atoms with Gasteiger partial charge >= 0.3 is 0 Å². The van der Waals surface area contributed by atoms with Crippen LogP contribution in [0.5, 0.6) is 5.75 Å². The van der Waals surface area contributed by atoms with Crippen molar-refractivity contribution < 1.29 is 9.90 Å². The molecule has 0 aliphatic heterocycles. The minimum Gasteiger partial charge on any atom is -0.508 e. The van der Waals surface area contributed by atoms with Gasteiger partial charge < -0.3 is 5.11 Å². The smallest absolute Gasteiger partial charge is 0.189 e. The fourth-order valence-electron chi connectivity index (χ4n) is 2.31. The van der Waals surface area contributed by atoms with Gasteiger partial charge in [0.1, 0.15) is 5.75 Å². The zero-order valence-corrected chi connectivity index (χ0v) is 10.8. The zero-order valence-electron chi connectivity index (χ0n) is 10.1. The molecule has 0 radical (unpaired) electrons. The number of phenolic OH excluding ortho intramolecular Hbond substituents is 1. The van der Waals surface area contributed by atoms with Crippen molar-refractivity contribution in [2.24, 2.45) is 0 Å². The summed E-state index contributed by atoms with van der Waals surface area (Å²) in [5.41, 5.74) is 2.76. The average molecular weight is 271 g/mol. The van der Waals surface area contributed by atoms with Crippen LogP contribution in [-0.2, 0) is 6.42 Å². The standard InChI is InChI=1S/C16H11ClO2/c17-14-6-2-1-4-10(14)8-11-9-13-12(16(11)19)5-3-7-15(13)18/h1-8,18H,9H2/b11-8+. The number of aromatic hydroxyl groups is 1. The molecule has 0 unspecified atom stereocenters. The Kier molecular flexibility index (Phi) is 2.88. The maximum Gasteiger partial charge on any atom is 0.189 e. The number of carbonyl (C=O) groups is 1. The number of carbonyl (C=O) groups excluding carboxylic acids is 1. The van der Waals surface area contributed by atoms with Gasteiger partial charge in [-0.05, 0) is 23.8 Å². The summed E-state index contributed by atoms with van der Waals surface area (Å²) in [6.07, 6.45) is 2.25. The lowest BCUT2D eigenvalue weighted by molar-refractivity contribution is 0.104. The summed E-state index contributed by atoms with van der Waals surface area (Å²) in [5.74, 6) is 0.138. The summed E-state index contributed by atoms with van der Waals surface area (Å²) in [4.78, 5) is 12.2. The second-order valence-electron chi connectivity index (χ2n) is 4.50. The van der Waals surface area contributed by atoms with Crippen molar-refractivity contribution in [3.8, 4) is 5.75 Å². The van der Waals surface area contributed by atoms with Crippen LogP contribution < -0.4 is 0 Å². The third-order valence-corrected chi connectivity index (χ3v) is 3.63. The van der Waals surface area contributed by atoms with E-state index in [1.165, 1.54) is 0 Å². The lowest BCUT2D eigenvalue weighted by atomic mass is 10.1. The molecule has 0 atom stereocenters. The third kappa shape index (κ3) is 2.04. The lowest BCUT2D eigenvalue weighted by Crippen LogP contribution is -1.95. The Hall–Kier alpha value is -2.06. The van der Waals surface area contributed by atoms with Gasteiger partial charge in [0, 0.05) is 28.1 Å². The second kappa shape index (κ2) is 4.56. The van der Waals surface area contributed by atoms with E-state index in [2.05, 4.69) is 0 Å². The van der Waals surface area contributed by atoms with Gasteiger partial charge in [0.2, 0.25) is 0 Å². The largest absolute Gasteiger partial charge is 0.508 e. The van der Waals surface area contributed by atoms with Crippen LogP contribution in [0.3, 0.4) is 0 Å². The van der Waals surface area contributed by atoms with Gasteiger partial charge in [-0.1, -0.05) is 41.9 Å². The van der Waals surface area contributed by atoms with Gasteiger partial charge in [-0.25, -0.2) is 0 Å². The van der Waals surface area contributed by atoms with Gasteiger partial charge in [-0.15, -0.1) is 0 Å². The van der Waals surface area contributed by atoms with Crippen molar-refractivity contribution in [1.29, 1.82) is 0 Å². The number of allylic oxidation sites excluding steroid dienone is 1. The van der Waals surface area contributed by atoms with Crippen molar-refractivity contribution in [2.75, 3.05) is 0 Å². The van der Waals surface area contributed by atoms with Crippen LogP contribution in [0, 0.1) is 0 Å². The van der Waals surface area contributed by atoms with Crippen molar-refractivity contribution in [3.05, 3.63) is 69.8 Å².